The number of rotatable bonds is 10. The summed E-state index contributed by atoms with van der Waals surface area (Å²) in [6.45, 7) is 5.29. The smallest absolute Gasteiger partial charge is 0.419 e. The molecule has 1 heterocycles. The fourth-order valence-corrected chi connectivity index (χ4v) is 3.81. The predicted molar refractivity (Wildman–Crippen MR) is 130 cm³/mol. The third-order valence-corrected chi connectivity index (χ3v) is 5.34. The quantitative estimate of drug-likeness (QED) is 0.220. The maximum Gasteiger partial charge on any atom is 0.419 e. The zero-order valence-corrected chi connectivity index (χ0v) is 21.0. The van der Waals surface area contributed by atoms with E-state index in [2.05, 4.69) is 9.97 Å². The van der Waals surface area contributed by atoms with Crippen LogP contribution in [-0.2, 0) is 22.1 Å². The molecule has 0 radical (unpaired) electrons. The topological polar surface area (TPSA) is 70.5 Å². The molecule has 0 aliphatic heterocycles. The number of aryl methyl sites for hydroxylation is 1. The molecule has 1 aromatic heterocycles. The highest BCUT2D eigenvalue weighted by molar-refractivity contribution is 5.72. The summed E-state index contributed by atoms with van der Waals surface area (Å²) in [5.74, 6) is -0.657. The van der Waals surface area contributed by atoms with Crippen molar-refractivity contribution in [2.75, 3.05) is 13.7 Å². The van der Waals surface area contributed by atoms with Gasteiger partial charge in [-0.25, -0.2) is 14.4 Å². The van der Waals surface area contributed by atoms with Crippen LogP contribution in [0.25, 0.3) is 22.5 Å². The molecule has 3 aromatic rings. The lowest BCUT2D eigenvalue weighted by Gasteiger charge is -2.17. The van der Waals surface area contributed by atoms with Crippen LogP contribution in [0.15, 0.2) is 42.7 Å². The SMILES string of the molecule is CCOC(=O)CCCc1cc(F)cc(-c2cnc(-c3ccc(OC(C)C)c(C(F)(F)F)c3)nc2)c1OC. The van der Waals surface area contributed by atoms with Gasteiger partial charge in [0, 0.05) is 35.5 Å². The first-order valence-corrected chi connectivity index (χ1v) is 11.8. The number of nitrogens with zero attached hydrogens (tertiary/aromatic N) is 2. The Hall–Kier alpha value is -3.69. The highest BCUT2D eigenvalue weighted by Crippen LogP contribution is 2.39. The van der Waals surface area contributed by atoms with Gasteiger partial charge < -0.3 is 14.2 Å². The van der Waals surface area contributed by atoms with Crippen LogP contribution in [0.2, 0.25) is 0 Å². The monoisotopic (exact) mass is 520 g/mol. The molecule has 0 unspecified atom stereocenters. The number of aromatic nitrogens is 2. The molecule has 0 fully saturated rings. The zero-order valence-electron chi connectivity index (χ0n) is 21.0. The number of benzene rings is 2. The van der Waals surface area contributed by atoms with Gasteiger partial charge in [0.1, 0.15) is 17.3 Å². The average molecular weight is 521 g/mol. The van der Waals surface area contributed by atoms with E-state index in [9.17, 15) is 22.4 Å². The Bertz CT molecular complexity index is 1230. The summed E-state index contributed by atoms with van der Waals surface area (Å²) in [6, 6.07) is 6.24. The second-order valence-corrected chi connectivity index (χ2v) is 8.47. The number of methoxy groups -OCH3 is 1. The van der Waals surface area contributed by atoms with Crippen molar-refractivity contribution >= 4 is 5.97 Å². The van der Waals surface area contributed by atoms with Crippen molar-refractivity contribution in [3.63, 3.8) is 0 Å². The van der Waals surface area contributed by atoms with Crippen molar-refractivity contribution in [2.45, 2.75) is 52.3 Å². The van der Waals surface area contributed by atoms with E-state index in [-0.39, 0.29) is 36.1 Å². The summed E-state index contributed by atoms with van der Waals surface area (Å²) in [7, 11) is 1.44. The fourth-order valence-electron chi connectivity index (χ4n) is 3.81. The van der Waals surface area contributed by atoms with Crippen molar-refractivity contribution in [1.82, 2.24) is 9.97 Å². The Labute approximate surface area is 212 Å². The number of hydrogen-bond acceptors (Lipinski definition) is 6. The minimum atomic E-state index is -4.63. The molecule has 0 saturated heterocycles. The van der Waals surface area contributed by atoms with E-state index < -0.39 is 23.7 Å². The van der Waals surface area contributed by atoms with Crippen LogP contribution in [0.1, 0.15) is 44.7 Å². The summed E-state index contributed by atoms with van der Waals surface area (Å²) in [5, 5.41) is 0. The summed E-state index contributed by atoms with van der Waals surface area (Å²) in [4.78, 5) is 20.1. The first kappa shape index (κ1) is 27.9. The molecule has 0 atom stereocenters. The molecule has 0 saturated carbocycles. The van der Waals surface area contributed by atoms with Crippen molar-refractivity contribution in [1.29, 1.82) is 0 Å². The molecule has 0 bridgehead atoms. The number of hydrogen-bond donors (Lipinski definition) is 0. The van der Waals surface area contributed by atoms with E-state index >= 15 is 0 Å². The van der Waals surface area contributed by atoms with Crippen molar-refractivity contribution in [3.05, 3.63) is 59.7 Å². The van der Waals surface area contributed by atoms with Crippen LogP contribution >= 0.6 is 0 Å². The Morgan fingerprint density at radius 2 is 1.76 bits per heavy atom. The third-order valence-electron chi connectivity index (χ3n) is 5.34. The van der Waals surface area contributed by atoms with Crippen molar-refractivity contribution in [2.24, 2.45) is 0 Å². The molecule has 0 aliphatic carbocycles. The molecule has 3 rings (SSSR count). The average Bonchev–Trinajstić information content (AvgIpc) is 2.83. The standard InChI is InChI=1S/C27H28F4N2O4/c1-5-36-24(34)8-6-7-17-11-20(28)13-21(25(17)35-4)19-14-32-26(33-15-19)18-9-10-23(37-16(2)3)22(12-18)27(29,30)31/h9-16H,5-8H2,1-4H3. The largest absolute Gasteiger partial charge is 0.496 e. The maximum atomic E-state index is 14.5. The summed E-state index contributed by atoms with van der Waals surface area (Å²) in [5.41, 5.74) is 0.590. The number of carbonyl (C=O) groups is 1. The predicted octanol–water partition coefficient (Wildman–Crippen LogP) is 6.65. The highest BCUT2D eigenvalue weighted by Gasteiger charge is 2.35. The Morgan fingerprint density at radius 1 is 1.05 bits per heavy atom. The molecular formula is C27H28F4N2O4. The van der Waals surface area contributed by atoms with E-state index in [1.54, 1.807) is 20.8 Å². The zero-order chi connectivity index (χ0) is 27.2. The van der Waals surface area contributed by atoms with Crippen LogP contribution in [-0.4, -0.2) is 35.8 Å². The summed E-state index contributed by atoms with van der Waals surface area (Å²) < 4.78 is 71.1. The van der Waals surface area contributed by atoms with Gasteiger partial charge in [0.05, 0.1) is 25.4 Å². The van der Waals surface area contributed by atoms with Gasteiger partial charge in [0.2, 0.25) is 0 Å². The fraction of sp³-hybridized carbons (Fsp3) is 0.370. The van der Waals surface area contributed by atoms with Gasteiger partial charge in [-0.15, -0.1) is 0 Å². The van der Waals surface area contributed by atoms with Gasteiger partial charge in [-0.3, -0.25) is 4.79 Å². The molecule has 0 N–H and O–H groups in total. The normalized spacial score (nSPS) is 11.5. The van der Waals surface area contributed by atoms with Gasteiger partial charge >= 0.3 is 12.1 Å². The van der Waals surface area contributed by atoms with Gasteiger partial charge in [0.25, 0.3) is 0 Å². The molecule has 198 valence electrons. The molecule has 0 amide bonds. The second-order valence-electron chi connectivity index (χ2n) is 8.47. The van der Waals surface area contributed by atoms with Crippen LogP contribution in [0.3, 0.4) is 0 Å². The summed E-state index contributed by atoms with van der Waals surface area (Å²) >= 11 is 0. The minimum Gasteiger partial charge on any atom is -0.496 e. The Kier molecular flexibility index (Phi) is 9.07. The molecule has 6 nitrogen and oxygen atoms in total. The maximum absolute atomic E-state index is 14.5. The van der Waals surface area contributed by atoms with Crippen LogP contribution in [0.4, 0.5) is 17.6 Å². The first-order chi connectivity index (χ1) is 17.5. The van der Waals surface area contributed by atoms with Gasteiger partial charge in [-0.1, -0.05) is 0 Å². The Morgan fingerprint density at radius 3 is 2.35 bits per heavy atom. The lowest BCUT2D eigenvalue weighted by atomic mass is 9.99. The summed E-state index contributed by atoms with van der Waals surface area (Å²) in [6.07, 6.45) is -1.27. The van der Waals surface area contributed by atoms with Crippen LogP contribution < -0.4 is 9.47 Å². The van der Waals surface area contributed by atoms with Crippen molar-refractivity contribution in [3.8, 4) is 34.0 Å². The second kappa shape index (κ2) is 12.0. The van der Waals surface area contributed by atoms with Gasteiger partial charge in [0.15, 0.2) is 5.82 Å². The third kappa shape index (κ3) is 7.18. The molecule has 0 spiro atoms. The van der Waals surface area contributed by atoms with Crippen LogP contribution in [0.5, 0.6) is 11.5 Å². The van der Waals surface area contributed by atoms with E-state index in [4.69, 9.17) is 14.2 Å². The molecule has 37 heavy (non-hydrogen) atoms. The number of ether oxygens (including phenoxy) is 3. The van der Waals surface area contributed by atoms with Gasteiger partial charge in [-0.05, 0) is 69.5 Å². The molecule has 10 heteroatoms. The van der Waals surface area contributed by atoms with Crippen LogP contribution in [0, 0.1) is 5.82 Å². The lowest BCUT2D eigenvalue weighted by Crippen LogP contribution is -2.13. The highest BCUT2D eigenvalue weighted by atomic mass is 19.4. The molecular weight excluding hydrogens is 492 g/mol. The van der Waals surface area contributed by atoms with E-state index in [1.165, 1.54) is 43.8 Å². The number of halogens is 4. The minimum absolute atomic E-state index is 0.0652. The van der Waals surface area contributed by atoms with E-state index in [0.717, 1.165) is 6.07 Å². The Balaban J connectivity index is 1.91. The molecule has 0 aliphatic rings. The van der Waals surface area contributed by atoms with Crippen molar-refractivity contribution < 1.29 is 36.6 Å². The van der Waals surface area contributed by atoms with Gasteiger partial charge in [-0.2, -0.15) is 13.2 Å². The lowest BCUT2D eigenvalue weighted by molar-refractivity contribution is -0.143. The number of alkyl halides is 3. The van der Waals surface area contributed by atoms with E-state index in [1.807, 2.05) is 0 Å². The number of carbonyl (C=O) groups excluding carboxylic acids is 1. The number of esters is 1. The first-order valence-electron chi connectivity index (χ1n) is 11.8. The van der Waals surface area contributed by atoms with E-state index in [0.29, 0.717) is 35.3 Å². The molecule has 2 aromatic carbocycles.